The summed E-state index contributed by atoms with van der Waals surface area (Å²) in [4.78, 5) is 29.7. The molecule has 7 heteroatoms. The van der Waals surface area contributed by atoms with E-state index in [0.29, 0.717) is 39.0 Å². The zero-order valence-electron chi connectivity index (χ0n) is 13.4. The van der Waals surface area contributed by atoms with Gasteiger partial charge in [0, 0.05) is 33.3 Å². The molecule has 0 aliphatic carbocycles. The average Bonchev–Trinajstić information content (AvgIpc) is 3.16. The van der Waals surface area contributed by atoms with Crippen molar-refractivity contribution in [3.63, 3.8) is 0 Å². The second-order valence-corrected chi connectivity index (χ2v) is 6.96. The van der Waals surface area contributed by atoms with Gasteiger partial charge in [-0.2, -0.15) is 0 Å². The molecular formula is C16H23N3O3S. The van der Waals surface area contributed by atoms with E-state index in [9.17, 15) is 9.59 Å². The van der Waals surface area contributed by atoms with E-state index in [-0.39, 0.29) is 11.8 Å². The number of nitrogens with one attached hydrogen (secondary N) is 1. The van der Waals surface area contributed by atoms with Gasteiger partial charge in [0.2, 0.25) is 0 Å². The molecule has 3 heterocycles. The van der Waals surface area contributed by atoms with Crippen LogP contribution in [0.2, 0.25) is 0 Å². The molecule has 0 spiro atoms. The molecule has 2 amide bonds. The summed E-state index contributed by atoms with van der Waals surface area (Å²) in [5.41, 5.74) is -0.689. The van der Waals surface area contributed by atoms with E-state index >= 15 is 0 Å². The molecule has 0 bridgehead atoms. The maximum atomic E-state index is 12.9. The van der Waals surface area contributed by atoms with Crippen molar-refractivity contribution >= 4 is 23.2 Å². The summed E-state index contributed by atoms with van der Waals surface area (Å²) >= 11 is 1.46. The van der Waals surface area contributed by atoms with E-state index in [0.717, 1.165) is 18.0 Å². The van der Waals surface area contributed by atoms with Crippen molar-refractivity contribution in [2.24, 2.45) is 0 Å². The first-order chi connectivity index (χ1) is 11.2. The van der Waals surface area contributed by atoms with E-state index in [4.69, 9.17) is 4.74 Å². The molecular weight excluding hydrogens is 314 g/mol. The topological polar surface area (TPSA) is 61.9 Å². The van der Waals surface area contributed by atoms with Crippen molar-refractivity contribution < 1.29 is 14.3 Å². The van der Waals surface area contributed by atoms with Crippen LogP contribution in [0.5, 0.6) is 0 Å². The van der Waals surface area contributed by atoms with E-state index in [2.05, 4.69) is 5.32 Å². The van der Waals surface area contributed by atoms with E-state index in [1.807, 2.05) is 27.3 Å². The van der Waals surface area contributed by atoms with Crippen LogP contribution in [0.15, 0.2) is 17.5 Å². The van der Waals surface area contributed by atoms with Gasteiger partial charge in [0.1, 0.15) is 5.60 Å². The number of hydrogen-bond donors (Lipinski definition) is 1. The normalized spacial score (nSPS) is 21.3. The molecule has 3 rings (SSSR count). The minimum Gasteiger partial charge on any atom is -0.368 e. The van der Waals surface area contributed by atoms with Gasteiger partial charge >= 0.3 is 0 Å². The van der Waals surface area contributed by atoms with Gasteiger partial charge in [-0.05, 0) is 37.4 Å². The predicted octanol–water partition coefficient (Wildman–Crippen LogP) is 0.801. The minimum absolute atomic E-state index is 0.0652. The third kappa shape index (κ3) is 3.27. The number of hydrogen-bond acceptors (Lipinski definition) is 5. The maximum absolute atomic E-state index is 12.9. The third-order valence-electron chi connectivity index (χ3n) is 4.78. The van der Waals surface area contributed by atoms with Crippen LogP contribution < -0.4 is 5.32 Å². The summed E-state index contributed by atoms with van der Waals surface area (Å²) in [6.45, 7) is 3.93. The van der Waals surface area contributed by atoms with Gasteiger partial charge in [-0.1, -0.05) is 6.07 Å². The maximum Gasteiger partial charge on any atom is 0.264 e. The zero-order chi connectivity index (χ0) is 16.3. The molecule has 0 unspecified atom stereocenters. The highest BCUT2D eigenvalue weighted by molar-refractivity contribution is 7.12. The standard InChI is InChI=1S/C16H23N3O3S/c1-22-16(4-6-17-7-5-16)15(21)19-10-8-18(9-11-19)14(20)13-3-2-12-23-13/h2-3,12,17H,4-11H2,1H3. The molecule has 0 radical (unpaired) electrons. The molecule has 6 nitrogen and oxygen atoms in total. The highest BCUT2D eigenvalue weighted by Gasteiger charge is 2.43. The number of ether oxygens (including phenoxy) is 1. The Morgan fingerprint density at radius 1 is 1.17 bits per heavy atom. The molecule has 2 aliphatic heterocycles. The highest BCUT2D eigenvalue weighted by atomic mass is 32.1. The first kappa shape index (κ1) is 16.4. The van der Waals surface area contributed by atoms with E-state index < -0.39 is 5.60 Å². The number of piperidine rings is 1. The van der Waals surface area contributed by atoms with Crippen molar-refractivity contribution in [3.05, 3.63) is 22.4 Å². The first-order valence-corrected chi connectivity index (χ1v) is 8.92. The Bertz CT molecular complexity index is 547. The third-order valence-corrected chi connectivity index (χ3v) is 5.64. The molecule has 0 saturated carbocycles. The number of carbonyl (C=O) groups excluding carboxylic acids is 2. The van der Waals surface area contributed by atoms with Crippen molar-refractivity contribution in [1.29, 1.82) is 0 Å². The van der Waals surface area contributed by atoms with Gasteiger partial charge in [0.05, 0.1) is 4.88 Å². The van der Waals surface area contributed by atoms with Crippen LogP contribution in [0.25, 0.3) is 0 Å². The molecule has 2 saturated heterocycles. The predicted molar refractivity (Wildman–Crippen MR) is 88.6 cm³/mol. The first-order valence-electron chi connectivity index (χ1n) is 8.04. The number of carbonyl (C=O) groups is 2. The van der Waals surface area contributed by atoms with Crippen LogP contribution >= 0.6 is 11.3 Å². The van der Waals surface area contributed by atoms with Gasteiger partial charge in [-0.15, -0.1) is 11.3 Å². The largest absolute Gasteiger partial charge is 0.368 e. The quantitative estimate of drug-likeness (QED) is 0.886. The fourth-order valence-electron chi connectivity index (χ4n) is 3.29. The SMILES string of the molecule is COC1(C(=O)N2CCN(C(=O)c3cccs3)CC2)CCNCC1. The Morgan fingerprint density at radius 2 is 1.83 bits per heavy atom. The lowest BCUT2D eigenvalue weighted by molar-refractivity contribution is -0.159. The fourth-order valence-corrected chi connectivity index (χ4v) is 3.98. The second kappa shape index (κ2) is 6.98. The Labute approximate surface area is 140 Å². The average molecular weight is 337 g/mol. The Hall–Kier alpha value is -1.44. The summed E-state index contributed by atoms with van der Waals surface area (Å²) in [7, 11) is 1.62. The smallest absolute Gasteiger partial charge is 0.264 e. The van der Waals surface area contributed by atoms with Crippen LogP contribution in [0.4, 0.5) is 0 Å². The van der Waals surface area contributed by atoms with Crippen LogP contribution in [-0.4, -0.2) is 73.6 Å². The molecule has 1 aromatic rings. The van der Waals surface area contributed by atoms with Crippen LogP contribution in [0.3, 0.4) is 0 Å². The molecule has 2 aliphatic rings. The number of thiophene rings is 1. The molecule has 23 heavy (non-hydrogen) atoms. The van der Waals surface area contributed by atoms with Crippen molar-refractivity contribution in [2.75, 3.05) is 46.4 Å². The van der Waals surface area contributed by atoms with Crippen LogP contribution in [0, 0.1) is 0 Å². The van der Waals surface area contributed by atoms with E-state index in [1.165, 1.54) is 11.3 Å². The van der Waals surface area contributed by atoms with Crippen LogP contribution in [-0.2, 0) is 9.53 Å². The van der Waals surface area contributed by atoms with Gasteiger partial charge in [-0.25, -0.2) is 0 Å². The number of piperazine rings is 1. The lowest BCUT2D eigenvalue weighted by Gasteiger charge is -2.42. The van der Waals surface area contributed by atoms with Crippen molar-refractivity contribution in [1.82, 2.24) is 15.1 Å². The minimum atomic E-state index is -0.689. The van der Waals surface area contributed by atoms with Gasteiger partial charge in [0.25, 0.3) is 11.8 Å². The summed E-state index contributed by atoms with van der Waals surface area (Å²) < 4.78 is 5.62. The lowest BCUT2D eigenvalue weighted by Crippen LogP contribution is -2.59. The van der Waals surface area contributed by atoms with Crippen LogP contribution in [0.1, 0.15) is 22.5 Å². The lowest BCUT2D eigenvalue weighted by atomic mass is 9.90. The highest BCUT2D eigenvalue weighted by Crippen LogP contribution is 2.26. The van der Waals surface area contributed by atoms with Crippen molar-refractivity contribution in [2.45, 2.75) is 18.4 Å². The summed E-state index contributed by atoms with van der Waals surface area (Å²) in [6.07, 6.45) is 1.41. The fraction of sp³-hybridized carbons (Fsp3) is 0.625. The second-order valence-electron chi connectivity index (χ2n) is 6.01. The molecule has 126 valence electrons. The van der Waals surface area contributed by atoms with E-state index in [1.54, 1.807) is 7.11 Å². The molecule has 1 aromatic heterocycles. The zero-order valence-corrected chi connectivity index (χ0v) is 14.2. The van der Waals surface area contributed by atoms with Gasteiger partial charge in [0.15, 0.2) is 0 Å². The van der Waals surface area contributed by atoms with Crippen molar-refractivity contribution in [3.8, 4) is 0 Å². The number of methoxy groups -OCH3 is 1. The van der Waals surface area contributed by atoms with Gasteiger partial charge < -0.3 is 19.9 Å². The number of rotatable bonds is 3. The molecule has 0 aromatic carbocycles. The summed E-state index contributed by atoms with van der Waals surface area (Å²) in [5, 5.41) is 5.18. The summed E-state index contributed by atoms with van der Waals surface area (Å²) in [5.74, 6) is 0.139. The molecule has 1 N–H and O–H groups in total. The molecule has 2 fully saturated rings. The summed E-state index contributed by atoms with van der Waals surface area (Å²) in [6, 6.07) is 3.73. The van der Waals surface area contributed by atoms with Gasteiger partial charge in [-0.3, -0.25) is 9.59 Å². The molecule has 0 atom stereocenters. The Kier molecular flexibility index (Phi) is 4.99. The monoisotopic (exact) mass is 337 g/mol. The Morgan fingerprint density at radius 3 is 2.39 bits per heavy atom. The number of amides is 2. The number of nitrogens with zero attached hydrogens (tertiary/aromatic N) is 2. The Balaban J connectivity index is 1.60.